The summed E-state index contributed by atoms with van der Waals surface area (Å²) in [5.41, 5.74) is 6.64. The SMILES string of the molecule is CCN(CC)C(=O)C1(c2ccccc2)CC1(N)CC. The molecule has 1 aliphatic rings. The summed E-state index contributed by atoms with van der Waals surface area (Å²) < 4.78 is 0. The molecule has 1 aliphatic carbocycles. The van der Waals surface area contributed by atoms with Crippen molar-refractivity contribution in [1.29, 1.82) is 0 Å². The van der Waals surface area contributed by atoms with E-state index in [4.69, 9.17) is 5.73 Å². The molecule has 0 heterocycles. The van der Waals surface area contributed by atoms with Gasteiger partial charge in [-0.25, -0.2) is 0 Å². The molecular weight excluding hydrogens is 236 g/mol. The van der Waals surface area contributed by atoms with Crippen molar-refractivity contribution in [3.63, 3.8) is 0 Å². The van der Waals surface area contributed by atoms with Crippen LogP contribution in [0.4, 0.5) is 0 Å². The first-order valence-corrected chi connectivity index (χ1v) is 7.19. The molecule has 1 aromatic carbocycles. The predicted octanol–water partition coefficient (Wildman–Crippen LogP) is 2.30. The van der Waals surface area contributed by atoms with E-state index in [0.29, 0.717) is 0 Å². The third kappa shape index (κ3) is 1.96. The number of rotatable bonds is 5. The summed E-state index contributed by atoms with van der Waals surface area (Å²) in [7, 11) is 0. The van der Waals surface area contributed by atoms with Crippen LogP contribution in [-0.4, -0.2) is 29.4 Å². The highest BCUT2D eigenvalue weighted by atomic mass is 16.2. The molecule has 19 heavy (non-hydrogen) atoms. The molecule has 1 fully saturated rings. The largest absolute Gasteiger partial charge is 0.342 e. The molecule has 0 saturated heterocycles. The van der Waals surface area contributed by atoms with Crippen molar-refractivity contribution in [2.24, 2.45) is 5.73 Å². The van der Waals surface area contributed by atoms with Gasteiger partial charge in [-0.05, 0) is 32.3 Å². The van der Waals surface area contributed by atoms with Crippen LogP contribution in [0.2, 0.25) is 0 Å². The van der Waals surface area contributed by atoms with E-state index in [1.807, 2.05) is 49.1 Å². The summed E-state index contributed by atoms with van der Waals surface area (Å²) in [6.07, 6.45) is 1.59. The maximum Gasteiger partial charge on any atom is 0.235 e. The highest BCUT2D eigenvalue weighted by molar-refractivity contribution is 5.94. The molecule has 2 rings (SSSR count). The maximum absolute atomic E-state index is 12.9. The molecule has 0 spiro atoms. The van der Waals surface area contributed by atoms with Crippen LogP contribution in [0.15, 0.2) is 30.3 Å². The van der Waals surface area contributed by atoms with Crippen LogP contribution >= 0.6 is 0 Å². The van der Waals surface area contributed by atoms with Gasteiger partial charge in [-0.15, -0.1) is 0 Å². The van der Waals surface area contributed by atoms with Crippen LogP contribution in [0.3, 0.4) is 0 Å². The van der Waals surface area contributed by atoms with Crippen LogP contribution in [0.1, 0.15) is 39.2 Å². The number of carbonyl (C=O) groups is 1. The normalized spacial score (nSPS) is 29.1. The molecule has 0 radical (unpaired) electrons. The predicted molar refractivity (Wildman–Crippen MR) is 77.9 cm³/mol. The van der Waals surface area contributed by atoms with Crippen LogP contribution in [0, 0.1) is 0 Å². The van der Waals surface area contributed by atoms with Gasteiger partial charge in [-0.2, -0.15) is 0 Å². The van der Waals surface area contributed by atoms with Crippen molar-refractivity contribution in [3.8, 4) is 0 Å². The van der Waals surface area contributed by atoms with Gasteiger partial charge < -0.3 is 10.6 Å². The maximum atomic E-state index is 12.9. The number of amides is 1. The van der Waals surface area contributed by atoms with E-state index in [1.165, 1.54) is 0 Å². The van der Waals surface area contributed by atoms with Crippen LogP contribution in [0.25, 0.3) is 0 Å². The van der Waals surface area contributed by atoms with Gasteiger partial charge in [0.25, 0.3) is 0 Å². The third-order valence-corrected chi connectivity index (χ3v) is 4.62. The van der Waals surface area contributed by atoms with Gasteiger partial charge in [0.15, 0.2) is 0 Å². The zero-order valence-electron chi connectivity index (χ0n) is 12.1. The summed E-state index contributed by atoms with van der Waals surface area (Å²) in [6, 6.07) is 10.0. The second-order valence-electron chi connectivity index (χ2n) is 5.44. The van der Waals surface area contributed by atoms with E-state index < -0.39 is 5.41 Å². The Hall–Kier alpha value is -1.35. The van der Waals surface area contributed by atoms with Crippen LogP contribution < -0.4 is 5.73 Å². The standard InChI is InChI=1S/C16H24N2O/c1-4-15(17)12-16(15,13-10-8-7-9-11-13)14(19)18(5-2)6-3/h7-11H,4-6,12,17H2,1-3H3. The molecule has 0 aromatic heterocycles. The fourth-order valence-corrected chi connectivity index (χ4v) is 3.16. The molecule has 1 amide bonds. The van der Waals surface area contributed by atoms with Crippen LogP contribution in [-0.2, 0) is 10.2 Å². The first-order valence-electron chi connectivity index (χ1n) is 7.19. The lowest BCUT2D eigenvalue weighted by atomic mass is 9.88. The van der Waals surface area contributed by atoms with Crippen molar-refractivity contribution in [2.45, 2.75) is 44.6 Å². The summed E-state index contributed by atoms with van der Waals surface area (Å²) in [4.78, 5) is 14.8. The summed E-state index contributed by atoms with van der Waals surface area (Å²) in [5, 5.41) is 0. The zero-order valence-corrected chi connectivity index (χ0v) is 12.1. The highest BCUT2D eigenvalue weighted by Crippen LogP contribution is 2.58. The summed E-state index contributed by atoms with van der Waals surface area (Å²) in [5.74, 6) is 0.188. The molecule has 104 valence electrons. The summed E-state index contributed by atoms with van der Waals surface area (Å²) in [6.45, 7) is 7.59. The molecule has 3 heteroatoms. The van der Waals surface area contributed by atoms with Crippen molar-refractivity contribution < 1.29 is 4.79 Å². The number of hydrogen-bond donors (Lipinski definition) is 1. The quantitative estimate of drug-likeness (QED) is 0.883. The number of carbonyl (C=O) groups excluding carboxylic acids is 1. The molecule has 0 bridgehead atoms. The Labute approximate surface area is 115 Å². The van der Waals surface area contributed by atoms with E-state index in [9.17, 15) is 4.79 Å². The van der Waals surface area contributed by atoms with E-state index in [0.717, 1.165) is 31.5 Å². The molecule has 3 nitrogen and oxygen atoms in total. The molecule has 2 N–H and O–H groups in total. The zero-order chi connectivity index (χ0) is 14.1. The Kier molecular flexibility index (Phi) is 3.68. The second-order valence-corrected chi connectivity index (χ2v) is 5.44. The van der Waals surface area contributed by atoms with Crippen molar-refractivity contribution in [2.75, 3.05) is 13.1 Å². The second kappa shape index (κ2) is 4.97. The molecule has 1 saturated carbocycles. The van der Waals surface area contributed by atoms with Gasteiger partial charge in [0.1, 0.15) is 0 Å². The van der Waals surface area contributed by atoms with Gasteiger partial charge in [0.05, 0.1) is 5.41 Å². The van der Waals surface area contributed by atoms with Gasteiger partial charge in [-0.1, -0.05) is 37.3 Å². The Balaban J connectivity index is 2.42. The van der Waals surface area contributed by atoms with Crippen molar-refractivity contribution in [3.05, 3.63) is 35.9 Å². The smallest absolute Gasteiger partial charge is 0.235 e. The lowest BCUT2D eigenvalue weighted by molar-refractivity contribution is -0.134. The van der Waals surface area contributed by atoms with E-state index in [2.05, 4.69) is 6.92 Å². The minimum atomic E-state index is -0.505. The number of benzene rings is 1. The molecule has 1 aromatic rings. The van der Waals surface area contributed by atoms with Gasteiger partial charge >= 0.3 is 0 Å². The third-order valence-electron chi connectivity index (χ3n) is 4.62. The number of nitrogens with zero attached hydrogens (tertiary/aromatic N) is 1. The fraction of sp³-hybridized carbons (Fsp3) is 0.562. The van der Waals surface area contributed by atoms with E-state index in [-0.39, 0.29) is 11.4 Å². The average Bonchev–Trinajstić information content (AvgIpc) is 3.09. The lowest BCUT2D eigenvalue weighted by Gasteiger charge is -2.28. The van der Waals surface area contributed by atoms with Crippen molar-refractivity contribution >= 4 is 5.91 Å². The Morgan fingerprint density at radius 1 is 1.21 bits per heavy atom. The fourth-order valence-electron chi connectivity index (χ4n) is 3.16. The topological polar surface area (TPSA) is 46.3 Å². The highest BCUT2D eigenvalue weighted by Gasteiger charge is 2.70. The number of likely N-dealkylation sites (N-methyl/N-ethyl adjacent to an activating group) is 1. The molecule has 2 unspecified atom stereocenters. The molecule has 2 atom stereocenters. The molecule has 0 aliphatic heterocycles. The summed E-state index contributed by atoms with van der Waals surface area (Å²) >= 11 is 0. The minimum Gasteiger partial charge on any atom is -0.342 e. The van der Waals surface area contributed by atoms with E-state index in [1.54, 1.807) is 0 Å². The lowest BCUT2D eigenvalue weighted by Crippen LogP contribution is -2.46. The van der Waals surface area contributed by atoms with Gasteiger partial charge in [0.2, 0.25) is 5.91 Å². The average molecular weight is 260 g/mol. The van der Waals surface area contributed by atoms with Gasteiger partial charge in [-0.3, -0.25) is 4.79 Å². The minimum absolute atomic E-state index is 0.188. The number of hydrogen-bond acceptors (Lipinski definition) is 2. The Morgan fingerprint density at radius 2 is 1.79 bits per heavy atom. The van der Waals surface area contributed by atoms with E-state index >= 15 is 0 Å². The first-order chi connectivity index (χ1) is 9.05. The van der Waals surface area contributed by atoms with Gasteiger partial charge in [0, 0.05) is 18.6 Å². The van der Waals surface area contributed by atoms with Crippen LogP contribution in [0.5, 0.6) is 0 Å². The monoisotopic (exact) mass is 260 g/mol. The Bertz CT molecular complexity index is 455. The number of nitrogens with two attached hydrogens (primary N) is 1. The van der Waals surface area contributed by atoms with Crippen molar-refractivity contribution in [1.82, 2.24) is 4.90 Å². The molecular formula is C16H24N2O. The first kappa shape index (κ1) is 14.1. The Morgan fingerprint density at radius 3 is 2.21 bits per heavy atom.